The van der Waals surface area contributed by atoms with Crippen LogP contribution in [0.2, 0.25) is 0 Å². The van der Waals surface area contributed by atoms with E-state index in [0.29, 0.717) is 0 Å². The summed E-state index contributed by atoms with van der Waals surface area (Å²) in [5.74, 6) is -0.250. The Morgan fingerprint density at radius 1 is 1.33 bits per heavy atom. The monoisotopic (exact) mass is 354 g/mol. The van der Waals surface area contributed by atoms with Crippen LogP contribution in [-0.2, 0) is 6.54 Å². The summed E-state index contributed by atoms with van der Waals surface area (Å²) in [5.41, 5.74) is 1.99. The first kappa shape index (κ1) is 16.1. The standard InChI is InChI=1S/C15H20BrFN4/c1-3-7-18-15(12-6-5-11(17)9-13(12)16)14-10-19-20-21(14)8-4-2/h5-6,9-10,15,18H,3-4,7-8H2,1-2H3. The van der Waals surface area contributed by atoms with Gasteiger partial charge in [-0.05, 0) is 37.1 Å². The van der Waals surface area contributed by atoms with Crippen LogP contribution in [0.15, 0.2) is 28.9 Å². The van der Waals surface area contributed by atoms with Crippen molar-refractivity contribution in [2.75, 3.05) is 6.54 Å². The number of nitrogens with zero attached hydrogens (tertiary/aromatic N) is 3. The highest BCUT2D eigenvalue weighted by atomic mass is 79.9. The summed E-state index contributed by atoms with van der Waals surface area (Å²) in [6.07, 6.45) is 3.78. The quantitative estimate of drug-likeness (QED) is 0.824. The van der Waals surface area contributed by atoms with Gasteiger partial charge in [-0.2, -0.15) is 0 Å². The van der Waals surface area contributed by atoms with Crippen LogP contribution in [0.3, 0.4) is 0 Å². The number of aryl methyl sites for hydroxylation is 1. The summed E-state index contributed by atoms with van der Waals surface area (Å²) < 4.78 is 16.0. The molecule has 1 heterocycles. The van der Waals surface area contributed by atoms with E-state index in [1.54, 1.807) is 12.3 Å². The molecule has 0 fully saturated rings. The van der Waals surface area contributed by atoms with Crippen LogP contribution in [0.1, 0.15) is 44.0 Å². The number of aromatic nitrogens is 3. The maximum absolute atomic E-state index is 13.3. The molecule has 0 aliphatic carbocycles. The fourth-order valence-electron chi connectivity index (χ4n) is 2.27. The summed E-state index contributed by atoms with van der Waals surface area (Å²) in [6.45, 7) is 5.91. The smallest absolute Gasteiger partial charge is 0.124 e. The second-order valence-corrected chi connectivity index (χ2v) is 5.79. The van der Waals surface area contributed by atoms with Crippen molar-refractivity contribution in [1.82, 2.24) is 20.3 Å². The maximum Gasteiger partial charge on any atom is 0.124 e. The van der Waals surface area contributed by atoms with Crippen molar-refractivity contribution in [1.29, 1.82) is 0 Å². The zero-order valence-corrected chi connectivity index (χ0v) is 13.9. The molecule has 2 aromatic rings. The molecule has 114 valence electrons. The van der Waals surface area contributed by atoms with E-state index >= 15 is 0 Å². The molecule has 0 bridgehead atoms. The lowest BCUT2D eigenvalue weighted by molar-refractivity contribution is 0.503. The Kier molecular flexibility index (Phi) is 5.87. The molecule has 1 aromatic heterocycles. The van der Waals surface area contributed by atoms with Gasteiger partial charge in [-0.15, -0.1) is 5.10 Å². The lowest BCUT2D eigenvalue weighted by Crippen LogP contribution is -2.26. The highest BCUT2D eigenvalue weighted by Gasteiger charge is 2.21. The Labute approximate surface area is 132 Å². The van der Waals surface area contributed by atoms with E-state index in [9.17, 15) is 4.39 Å². The fraction of sp³-hybridized carbons (Fsp3) is 0.467. The molecule has 21 heavy (non-hydrogen) atoms. The van der Waals surface area contributed by atoms with E-state index in [0.717, 1.165) is 41.7 Å². The van der Waals surface area contributed by atoms with E-state index in [4.69, 9.17) is 0 Å². The first-order chi connectivity index (χ1) is 10.2. The summed E-state index contributed by atoms with van der Waals surface area (Å²) in [5, 5.41) is 11.7. The summed E-state index contributed by atoms with van der Waals surface area (Å²) in [4.78, 5) is 0. The van der Waals surface area contributed by atoms with Crippen molar-refractivity contribution in [3.05, 3.63) is 45.9 Å². The summed E-state index contributed by atoms with van der Waals surface area (Å²) in [6, 6.07) is 4.72. The summed E-state index contributed by atoms with van der Waals surface area (Å²) >= 11 is 3.46. The predicted octanol–water partition coefficient (Wildman–Crippen LogP) is 3.68. The van der Waals surface area contributed by atoms with Gasteiger partial charge in [0.1, 0.15) is 5.82 Å². The van der Waals surface area contributed by atoms with E-state index in [-0.39, 0.29) is 11.9 Å². The molecular weight excluding hydrogens is 335 g/mol. The molecule has 0 saturated heterocycles. The summed E-state index contributed by atoms with van der Waals surface area (Å²) in [7, 11) is 0. The number of benzene rings is 1. The highest BCUT2D eigenvalue weighted by Crippen LogP contribution is 2.29. The lowest BCUT2D eigenvalue weighted by atomic mass is 10.0. The van der Waals surface area contributed by atoms with E-state index in [1.165, 1.54) is 12.1 Å². The molecule has 0 saturated carbocycles. The molecule has 4 nitrogen and oxygen atoms in total. The van der Waals surface area contributed by atoms with Crippen LogP contribution in [-0.4, -0.2) is 21.5 Å². The van der Waals surface area contributed by atoms with Gasteiger partial charge in [-0.25, -0.2) is 9.07 Å². The van der Waals surface area contributed by atoms with Crippen LogP contribution in [0.4, 0.5) is 4.39 Å². The molecule has 0 amide bonds. The van der Waals surface area contributed by atoms with Gasteiger partial charge in [0.05, 0.1) is 17.9 Å². The minimum atomic E-state index is -0.250. The largest absolute Gasteiger partial charge is 0.305 e. The van der Waals surface area contributed by atoms with Gasteiger partial charge in [-0.1, -0.05) is 41.1 Å². The third kappa shape index (κ3) is 3.89. The minimum absolute atomic E-state index is 0.0542. The Morgan fingerprint density at radius 3 is 2.81 bits per heavy atom. The molecule has 1 aromatic carbocycles. The molecule has 2 rings (SSSR count). The van der Waals surface area contributed by atoms with Crippen molar-refractivity contribution < 1.29 is 4.39 Å². The van der Waals surface area contributed by atoms with Crippen molar-refractivity contribution in [2.45, 2.75) is 39.3 Å². The number of rotatable bonds is 7. The van der Waals surface area contributed by atoms with Gasteiger partial charge < -0.3 is 5.32 Å². The third-order valence-electron chi connectivity index (χ3n) is 3.25. The average Bonchev–Trinajstić information content (AvgIpc) is 2.90. The molecule has 0 aliphatic rings. The Bertz CT molecular complexity index is 585. The van der Waals surface area contributed by atoms with Crippen LogP contribution in [0, 0.1) is 5.82 Å². The maximum atomic E-state index is 13.3. The van der Waals surface area contributed by atoms with Crippen molar-refractivity contribution in [3.63, 3.8) is 0 Å². The van der Waals surface area contributed by atoms with E-state index in [1.807, 2.05) is 4.68 Å². The number of halogens is 2. The molecular formula is C15H20BrFN4. The fourth-order valence-corrected chi connectivity index (χ4v) is 2.85. The van der Waals surface area contributed by atoms with Crippen LogP contribution in [0.25, 0.3) is 0 Å². The topological polar surface area (TPSA) is 42.7 Å². The zero-order chi connectivity index (χ0) is 15.2. The highest BCUT2D eigenvalue weighted by molar-refractivity contribution is 9.10. The van der Waals surface area contributed by atoms with Crippen LogP contribution in [0.5, 0.6) is 0 Å². The Morgan fingerprint density at radius 2 is 2.14 bits per heavy atom. The molecule has 0 aliphatic heterocycles. The first-order valence-corrected chi connectivity index (χ1v) is 8.03. The Hall–Kier alpha value is -1.27. The predicted molar refractivity (Wildman–Crippen MR) is 84.5 cm³/mol. The molecule has 1 N–H and O–H groups in total. The molecule has 0 spiro atoms. The van der Waals surface area contributed by atoms with Crippen LogP contribution >= 0.6 is 15.9 Å². The van der Waals surface area contributed by atoms with Gasteiger partial charge in [0.15, 0.2) is 0 Å². The number of hydrogen-bond donors (Lipinski definition) is 1. The Balaban J connectivity index is 2.39. The van der Waals surface area contributed by atoms with Gasteiger partial charge in [-0.3, -0.25) is 0 Å². The van der Waals surface area contributed by atoms with Gasteiger partial charge in [0.2, 0.25) is 0 Å². The van der Waals surface area contributed by atoms with Crippen molar-refractivity contribution in [3.8, 4) is 0 Å². The average molecular weight is 355 g/mol. The normalized spacial score (nSPS) is 12.6. The molecule has 1 unspecified atom stereocenters. The molecule has 0 radical (unpaired) electrons. The lowest BCUT2D eigenvalue weighted by Gasteiger charge is -2.21. The second-order valence-electron chi connectivity index (χ2n) is 4.93. The second kappa shape index (κ2) is 7.66. The zero-order valence-electron chi connectivity index (χ0n) is 12.3. The van der Waals surface area contributed by atoms with Crippen molar-refractivity contribution in [2.24, 2.45) is 0 Å². The number of nitrogens with one attached hydrogen (secondary N) is 1. The van der Waals surface area contributed by atoms with Gasteiger partial charge in [0.25, 0.3) is 0 Å². The van der Waals surface area contributed by atoms with E-state index < -0.39 is 0 Å². The first-order valence-electron chi connectivity index (χ1n) is 7.24. The molecule has 1 atom stereocenters. The minimum Gasteiger partial charge on any atom is -0.305 e. The third-order valence-corrected chi connectivity index (χ3v) is 3.94. The number of hydrogen-bond acceptors (Lipinski definition) is 3. The van der Waals surface area contributed by atoms with Crippen molar-refractivity contribution >= 4 is 15.9 Å². The van der Waals surface area contributed by atoms with Crippen LogP contribution < -0.4 is 5.32 Å². The van der Waals surface area contributed by atoms with Gasteiger partial charge >= 0.3 is 0 Å². The van der Waals surface area contributed by atoms with Gasteiger partial charge in [0, 0.05) is 11.0 Å². The molecule has 6 heteroatoms. The van der Waals surface area contributed by atoms with E-state index in [2.05, 4.69) is 45.4 Å². The SMILES string of the molecule is CCCNC(c1ccc(F)cc1Br)c1cnnn1CCC.